The second-order valence-corrected chi connectivity index (χ2v) is 10.2. The first-order valence-electron chi connectivity index (χ1n) is 9.59. The van der Waals surface area contributed by atoms with Gasteiger partial charge in [-0.05, 0) is 25.0 Å². The molecule has 0 N–H and O–H groups in total. The summed E-state index contributed by atoms with van der Waals surface area (Å²) in [5.74, 6) is 0.118. The molecule has 3 rings (SSSR count). The summed E-state index contributed by atoms with van der Waals surface area (Å²) in [7, 11) is -3.07. The largest absolute Gasteiger partial charge is 0.338 e. The first-order valence-corrected chi connectivity index (χ1v) is 12.4. The molecule has 0 unspecified atom stereocenters. The second kappa shape index (κ2) is 9.13. The minimum absolute atomic E-state index is 0.0266. The number of thioether (sulfide) groups is 1. The topological polar surface area (TPSA) is 89.3 Å². The highest BCUT2D eigenvalue weighted by Gasteiger charge is 2.34. The van der Waals surface area contributed by atoms with Crippen LogP contribution >= 0.6 is 11.8 Å². The minimum Gasteiger partial charge on any atom is -0.338 e. The third-order valence-electron chi connectivity index (χ3n) is 4.90. The van der Waals surface area contributed by atoms with Gasteiger partial charge >= 0.3 is 0 Å². The van der Waals surface area contributed by atoms with E-state index in [1.165, 1.54) is 16.3 Å². The fraction of sp³-hybridized carbons (Fsp3) is 0.450. The molecule has 1 amide bonds. The molecular weight excluding hydrogens is 410 g/mol. The van der Waals surface area contributed by atoms with Crippen LogP contribution in [0.4, 0.5) is 0 Å². The standard InChI is InChI=1S/C20H25N3O4S2/c1-3-10-22(15-9-12-29(26,27)14-15)18(24)13-28-20-21-17-8-6-5-7-16(17)19(25)23(20)11-4-2/h4-8,15H,2-3,9-14H2,1H3/t15-/m0/s1. The van der Waals surface area contributed by atoms with Crippen LogP contribution < -0.4 is 5.56 Å². The van der Waals surface area contributed by atoms with E-state index in [1.807, 2.05) is 13.0 Å². The van der Waals surface area contributed by atoms with Crippen LogP contribution in [0.25, 0.3) is 10.9 Å². The second-order valence-electron chi connectivity index (χ2n) is 7.05. The molecule has 1 aliphatic heterocycles. The smallest absolute Gasteiger partial charge is 0.262 e. The number of sulfone groups is 1. The van der Waals surface area contributed by atoms with Crippen molar-refractivity contribution in [3.63, 3.8) is 0 Å². The van der Waals surface area contributed by atoms with Gasteiger partial charge in [0, 0.05) is 19.1 Å². The van der Waals surface area contributed by atoms with Crippen molar-refractivity contribution in [2.75, 3.05) is 23.8 Å². The van der Waals surface area contributed by atoms with Crippen molar-refractivity contribution in [3.05, 3.63) is 47.3 Å². The zero-order valence-corrected chi connectivity index (χ0v) is 18.0. The monoisotopic (exact) mass is 435 g/mol. The molecule has 1 aromatic carbocycles. The average molecular weight is 436 g/mol. The molecule has 9 heteroatoms. The highest BCUT2D eigenvalue weighted by Crippen LogP contribution is 2.22. The molecule has 1 saturated heterocycles. The molecule has 0 aliphatic carbocycles. The van der Waals surface area contributed by atoms with Gasteiger partial charge in [-0.15, -0.1) is 6.58 Å². The lowest BCUT2D eigenvalue weighted by atomic mass is 10.2. The molecule has 29 heavy (non-hydrogen) atoms. The Hall–Kier alpha value is -2.13. The number of allylic oxidation sites excluding steroid dienone is 1. The summed E-state index contributed by atoms with van der Waals surface area (Å²) in [4.78, 5) is 31.9. The third kappa shape index (κ3) is 4.90. The minimum atomic E-state index is -3.07. The van der Waals surface area contributed by atoms with Crippen LogP contribution in [0.3, 0.4) is 0 Å². The lowest BCUT2D eigenvalue weighted by Gasteiger charge is -2.28. The van der Waals surface area contributed by atoms with E-state index >= 15 is 0 Å². The number of hydrogen-bond donors (Lipinski definition) is 0. The predicted octanol–water partition coefficient (Wildman–Crippen LogP) is 2.10. The molecule has 1 fully saturated rings. The van der Waals surface area contributed by atoms with E-state index in [0.717, 1.165) is 6.42 Å². The van der Waals surface area contributed by atoms with E-state index in [1.54, 1.807) is 29.2 Å². The van der Waals surface area contributed by atoms with E-state index in [-0.39, 0.29) is 34.8 Å². The van der Waals surface area contributed by atoms with E-state index < -0.39 is 9.84 Å². The van der Waals surface area contributed by atoms with Crippen molar-refractivity contribution in [2.24, 2.45) is 0 Å². The van der Waals surface area contributed by atoms with Gasteiger partial charge < -0.3 is 4.90 Å². The Balaban J connectivity index is 1.83. The Morgan fingerprint density at radius 1 is 1.41 bits per heavy atom. The first kappa shape index (κ1) is 21.6. The molecule has 0 radical (unpaired) electrons. The summed E-state index contributed by atoms with van der Waals surface area (Å²) >= 11 is 1.20. The number of rotatable bonds is 8. The number of carbonyl (C=O) groups is 1. The normalized spacial score (nSPS) is 18.0. The van der Waals surface area contributed by atoms with Crippen molar-refractivity contribution in [1.82, 2.24) is 14.5 Å². The van der Waals surface area contributed by atoms with Crippen LogP contribution in [-0.4, -0.2) is 58.6 Å². The van der Waals surface area contributed by atoms with Gasteiger partial charge in [0.2, 0.25) is 5.91 Å². The highest BCUT2D eigenvalue weighted by atomic mass is 32.2. The van der Waals surface area contributed by atoms with E-state index in [9.17, 15) is 18.0 Å². The summed E-state index contributed by atoms with van der Waals surface area (Å²) in [5, 5.41) is 0.978. The molecule has 1 atom stereocenters. The van der Waals surface area contributed by atoms with Gasteiger partial charge in [0.25, 0.3) is 5.56 Å². The van der Waals surface area contributed by atoms with Gasteiger partial charge in [-0.3, -0.25) is 14.2 Å². The maximum Gasteiger partial charge on any atom is 0.262 e. The zero-order chi connectivity index (χ0) is 21.0. The SMILES string of the molecule is C=CCn1c(SCC(=O)N(CCC)[C@H]2CCS(=O)(=O)C2)nc2ccccc2c1=O. The summed E-state index contributed by atoms with van der Waals surface area (Å²) < 4.78 is 25.2. The van der Waals surface area contributed by atoms with Crippen LogP contribution in [-0.2, 0) is 21.2 Å². The first-order chi connectivity index (χ1) is 13.9. The maximum atomic E-state index is 12.9. The molecule has 0 saturated carbocycles. The Kier molecular flexibility index (Phi) is 6.79. The number of para-hydroxylation sites is 1. The Labute approximate surface area is 174 Å². The molecular formula is C20H25N3O4S2. The van der Waals surface area contributed by atoms with Crippen molar-refractivity contribution in [2.45, 2.75) is 37.5 Å². The third-order valence-corrected chi connectivity index (χ3v) is 7.61. The van der Waals surface area contributed by atoms with Gasteiger partial charge in [-0.25, -0.2) is 13.4 Å². The van der Waals surface area contributed by atoms with Crippen LogP contribution in [0.15, 0.2) is 46.9 Å². The number of fused-ring (bicyclic) bond motifs is 1. The number of carbonyl (C=O) groups excluding carboxylic acids is 1. The van der Waals surface area contributed by atoms with Crippen LogP contribution in [0, 0.1) is 0 Å². The van der Waals surface area contributed by atoms with Gasteiger partial charge in [0.15, 0.2) is 15.0 Å². The summed E-state index contributed by atoms with van der Waals surface area (Å²) in [6, 6.07) is 6.84. The Morgan fingerprint density at radius 2 is 2.17 bits per heavy atom. The fourth-order valence-electron chi connectivity index (χ4n) is 3.53. The molecule has 0 bridgehead atoms. The number of benzene rings is 1. The van der Waals surface area contributed by atoms with E-state index in [0.29, 0.717) is 35.6 Å². The van der Waals surface area contributed by atoms with Crippen molar-refractivity contribution in [3.8, 4) is 0 Å². The molecule has 7 nitrogen and oxygen atoms in total. The van der Waals surface area contributed by atoms with E-state index in [2.05, 4.69) is 11.6 Å². The molecule has 0 spiro atoms. The highest BCUT2D eigenvalue weighted by molar-refractivity contribution is 7.99. The summed E-state index contributed by atoms with van der Waals surface area (Å²) in [5.41, 5.74) is 0.415. The lowest BCUT2D eigenvalue weighted by molar-refractivity contribution is -0.130. The molecule has 2 aromatic rings. The Bertz CT molecular complexity index is 1080. The number of nitrogens with zero attached hydrogens (tertiary/aromatic N) is 3. The molecule has 1 aromatic heterocycles. The average Bonchev–Trinajstić information content (AvgIpc) is 3.06. The van der Waals surface area contributed by atoms with Gasteiger partial charge in [-0.2, -0.15) is 0 Å². The van der Waals surface area contributed by atoms with Gasteiger partial charge in [0.05, 0.1) is 28.2 Å². The van der Waals surface area contributed by atoms with Crippen molar-refractivity contribution >= 4 is 38.4 Å². The molecule has 156 valence electrons. The molecule has 1 aliphatic rings. The number of amides is 1. The maximum absolute atomic E-state index is 12.9. The van der Waals surface area contributed by atoms with E-state index in [4.69, 9.17) is 0 Å². The Morgan fingerprint density at radius 3 is 2.83 bits per heavy atom. The number of hydrogen-bond acceptors (Lipinski definition) is 6. The van der Waals surface area contributed by atoms with Crippen molar-refractivity contribution < 1.29 is 13.2 Å². The van der Waals surface area contributed by atoms with Crippen LogP contribution in [0.2, 0.25) is 0 Å². The lowest BCUT2D eigenvalue weighted by Crippen LogP contribution is -2.42. The van der Waals surface area contributed by atoms with Crippen LogP contribution in [0.5, 0.6) is 0 Å². The van der Waals surface area contributed by atoms with Crippen molar-refractivity contribution in [1.29, 1.82) is 0 Å². The summed E-state index contributed by atoms with van der Waals surface area (Å²) in [6.07, 6.45) is 2.85. The molecule has 2 heterocycles. The fourth-order valence-corrected chi connectivity index (χ4v) is 6.16. The predicted molar refractivity (Wildman–Crippen MR) is 116 cm³/mol. The van der Waals surface area contributed by atoms with Gasteiger partial charge in [0.1, 0.15) is 0 Å². The quantitative estimate of drug-likeness (QED) is 0.358. The van der Waals surface area contributed by atoms with Gasteiger partial charge in [-0.1, -0.05) is 36.9 Å². The number of aromatic nitrogens is 2. The zero-order valence-electron chi connectivity index (χ0n) is 16.4. The van der Waals surface area contributed by atoms with Crippen LogP contribution in [0.1, 0.15) is 19.8 Å². The summed E-state index contributed by atoms with van der Waals surface area (Å²) in [6.45, 7) is 6.48.